The maximum absolute atomic E-state index is 13.1. The summed E-state index contributed by atoms with van der Waals surface area (Å²) in [6.45, 7) is 0.217. The third kappa shape index (κ3) is 3.97. The molecule has 0 saturated heterocycles. The van der Waals surface area contributed by atoms with Crippen LogP contribution in [0.3, 0.4) is 0 Å². The summed E-state index contributed by atoms with van der Waals surface area (Å²) < 4.78 is 38.8. The normalized spacial score (nSPS) is 14.7. The molecule has 3 N–H and O–H groups in total. The van der Waals surface area contributed by atoms with Crippen molar-refractivity contribution in [1.29, 1.82) is 5.26 Å². The number of nitriles is 1. The molecule has 0 fully saturated rings. The Kier molecular flexibility index (Phi) is 4.60. The number of nitrogens with zero attached hydrogens (tertiary/aromatic N) is 1. The minimum absolute atomic E-state index is 0.292. The van der Waals surface area contributed by atoms with Gasteiger partial charge in [0.2, 0.25) is 10.0 Å². The fourth-order valence-corrected chi connectivity index (χ4v) is 2.33. The highest BCUT2D eigenvalue weighted by Crippen LogP contribution is 2.14. The molecular formula is C11H13FN2O4S. The van der Waals surface area contributed by atoms with Crippen LogP contribution >= 0.6 is 0 Å². The zero-order valence-electron chi connectivity index (χ0n) is 10.1. The molecule has 0 aliphatic rings. The summed E-state index contributed by atoms with van der Waals surface area (Å²) >= 11 is 0. The van der Waals surface area contributed by atoms with Gasteiger partial charge in [0.15, 0.2) is 0 Å². The molecule has 0 aliphatic carbocycles. The molecule has 0 aromatic heterocycles. The van der Waals surface area contributed by atoms with Crippen molar-refractivity contribution in [3.8, 4) is 6.07 Å². The van der Waals surface area contributed by atoms with Crippen LogP contribution in [0.25, 0.3) is 0 Å². The first-order valence-electron chi connectivity index (χ1n) is 5.24. The van der Waals surface area contributed by atoms with E-state index in [1.807, 2.05) is 0 Å². The van der Waals surface area contributed by atoms with Crippen LogP contribution in [0.1, 0.15) is 12.5 Å². The Morgan fingerprint density at radius 3 is 2.68 bits per heavy atom. The van der Waals surface area contributed by atoms with Crippen LogP contribution in [0.2, 0.25) is 0 Å². The average Bonchev–Trinajstić information content (AvgIpc) is 2.37. The Bertz CT molecular complexity index is 608. The second-order valence-corrected chi connectivity index (χ2v) is 6.00. The fraction of sp³-hybridized carbons (Fsp3) is 0.364. The van der Waals surface area contributed by atoms with E-state index in [0.29, 0.717) is 0 Å². The lowest BCUT2D eigenvalue weighted by Crippen LogP contribution is -2.43. The topological polar surface area (TPSA) is 110 Å². The lowest BCUT2D eigenvalue weighted by Gasteiger charge is -2.20. The SMILES string of the molecule is CC(O)(CO)CNS(=O)(=O)c1ccc(F)c(C#N)c1. The second kappa shape index (κ2) is 5.63. The number of sulfonamides is 1. The molecule has 0 amide bonds. The van der Waals surface area contributed by atoms with E-state index in [0.717, 1.165) is 18.2 Å². The second-order valence-electron chi connectivity index (χ2n) is 4.23. The molecule has 1 unspecified atom stereocenters. The predicted molar refractivity (Wildman–Crippen MR) is 64.0 cm³/mol. The number of hydrogen-bond donors (Lipinski definition) is 3. The Morgan fingerprint density at radius 1 is 1.53 bits per heavy atom. The standard InChI is InChI=1S/C11H13FN2O4S/c1-11(16,7-15)6-14-19(17,18)9-2-3-10(12)8(4-9)5-13/h2-4,14-16H,6-7H2,1H3. The van der Waals surface area contributed by atoms with Gasteiger partial charge in [-0.3, -0.25) is 0 Å². The highest BCUT2D eigenvalue weighted by Gasteiger charge is 2.23. The van der Waals surface area contributed by atoms with Gasteiger partial charge >= 0.3 is 0 Å². The molecule has 6 nitrogen and oxygen atoms in total. The van der Waals surface area contributed by atoms with E-state index < -0.39 is 40.2 Å². The highest BCUT2D eigenvalue weighted by atomic mass is 32.2. The third-order valence-electron chi connectivity index (χ3n) is 2.35. The van der Waals surface area contributed by atoms with Gasteiger partial charge in [-0.1, -0.05) is 0 Å². The van der Waals surface area contributed by atoms with Crippen LogP contribution in [0.15, 0.2) is 23.1 Å². The van der Waals surface area contributed by atoms with Gasteiger partial charge in [-0.2, -0.15) is 5.26 Å². The number of aliphatic hydroxyl groups is 2. The Hall–Kier alpha value is -1.53. The molecule has 1 rings (SSSR count). The third-order valence-corrected chi connectivity index (χ3v) is 3.75. The zero-order valence-corrected chi connectivity index (χ0v) is 10.9. The Balaban J connectivity index is 2.99. The van der Waals surface area contributed by atoms with Gasteiger partial charge in [-0.05, 0) is 25.1 Å². The summed E-state index contributed by atoms with van der Waals surface area (Å²) in [5.41, 5.74) is -2.00. The van der Waals surface area contributed by atoms with Crippen LogP contribution in [-0.4, -0.2) is 37.4 Å². The van der Waals surface area contributed by atoms with Gasteiger partial charge < -0.3 is 10.2 Å². The van der Waals surface area contributed by atoms with E-state index in [9.17, 15) is 17.9 Å². The largest absolute Gasteiger partial charge is 0.393 e. The molecule has 0 spiro atoms. The van der Waals surface area contributed by atoms with Crippen molar-refractivity contribution in [2.45, 2.75) is 17.4 Å². The molecule has 0 radical (unpaired) electrons. The van der Waals surface area contributed by atoms with Crippen molar-refractivity contribution in [3.05, 3.63) is 29.6 Å². The number of hydrogen-bond acceptors (Lipinski definition) is 5. The molecule has 0 aliphatic heterocycles. The van der Waals surface area contributed by atoms with Crippen molar-refractivity contribution >= 4 is 10.0 Å². The van der Waals surface area contributed by atoms with Gasteiger partial charge in [0.05, 0.1) is 22.7 Å². The summed E-state index contributed by atoms with van der Waals surface area (Å²) in [6, 6.07) is 4.31. The number of nitrogens with one attached hydrogen (secondary N) is 1. The lowest BCUT2D eigenvalue weighted by molar-refractivity contribution is 0.00681. The smallest absolute Gasteiger partial charge is 0.240 e. The van der Waals surface area contributed by atoms with Crippen molar-refractivity contribution in [1.82, 2.24) is 4.72 Å². The number of benzene rings is 1. The Labute approximate surface area is 110 Å². The molecular weight excluding hydrogens is 275 g/mol. The molecule has 1 aromatic rings. The monoisotopic (exact) mass is 288 g/mol. The maximum atomic E-state index is 13.1. The lowest BCUT2D eigenvalue weighted by atomic mass is 10.1. The van der Waals surface area contributed by atoms with Crippen molar-refractivity contribution in [3.63, 3.8) is 0 Å². The van der Waals surface area contributed by atoms with Gasteiger partial charge in [-0.25, -0.2) is 17.5 Å². The van der Waals surface area contributed by atoms with Crippen LogP contribution < -0.4 is 4.72 Å². The fourth-order valence-electron chi connectivity index (χ4n) is 1.15. The minimum Gasteiger partial charge on any atom is -0.393 e. The molecule has 0 saturated carbocycles. The number of halogens is 1. The van der Waals surface area contributed by atoms with Gasteiger partial charge in [-0.15, -0.1) is 0 Å². The zero-order chi connectivity index (χ0) is 14.7. The van der Waals surface area contributed by atoms with E-state index in [2.05, 4.69) is 4.72 Å². The Morgan fingerprint density at radius 2 is 2.16 bits per heavy atom. The first-order valence-corrected chi connectivity index (χ1v) is 6.73. The number of aliphatic hydroxyl groups excluding tert-OH is 1. The van der Waals surface area contributed by atoms with E-state index in [4.69, 9.17) is 10.4 Å². The van der Waals surface area contributed by atoms with E-state index in [1.54, 1.807) is 0 Å². The average molecular weight is 288 g/mol. The van der Waals surface area contributed by atoms with E-state index in [1.165, 1.54) is 13.0 Å². The van der Waals surface area contributed by atoms with E-state index >= 15 is 0 Å². The summed E-state index contributed by atoms with van der Waals surface area (Å²) in [6.07, 6.45) is 0. The molecule has 0 bridgehead atoms. The first kappa shape index (κ1) is 15.5. The summed E-state index contributed by atoms with van der Waals surface area (Å²) in [7, 11) is -3.99. The first-order chi connectivity index (χ1) is 8.72. The van der Waals surface area contributed by atoms with Crippen LogP contribution in [0.5, 0.6) is 0 Å². The van der Waals surface area contributed by atoms with Crippen molar-refractivity contribution < 1.29 is 23.0 Å². The van der Waals surface area contributed by atoms with Gasteiger partial charge in [0.1, 0.15) is 11.9 Å². The summed E-state index contributed by atoms with van der Waals surface area (Å²) in [5.74, 6) is -0.816. The molecule has 1 aromatic carbocycles. The quantitative estimate of drug-likeness (QED) is 0.690. The molecule has 104 valence electrons. The van der Waals surface area contributed by atoms with Gasteiger partial charge in [0.25, 0.3) is 0 Å². The predicted octanol–water partition coefficient (Wildman–Crippen LogP) is -0.281. The summed E-state index contributed by atoms with van der Waals surface area (Å²) in [4.78, 5) is -0.292. The van der Waals surface area contributed by atoms with Crippen molar-refractivity contribution in [2.24, 2.45) is 0 Å². The maximum Gasteiger partial charge on any atom is 0.240 e. The molecule has 1 atom stereocenters. The summed E-state index contributed by atoms with van der Waals surface area (Å²) in [5, 5.41) is 26.9. The molecule has 8 heteroatoms. The minimum atomic E-state index is -3.99. The van der Waals surface area contributed by atoms with Crippen molar-refractivity contribution in [2.75, 3.05) is 13.2 Å². The van der Waals surface area contributed by atoms with Crippen LogP contribution in [0, 0.1) is 17.1 Å². The van der Waals surface area contributed by atoms with Gasteiger partial charge in [0, 0.05) is 6.54 Å². The van der Waals surface area contributed by atoms with E-state index in [-0.39, 0.29) is 4.90 Å². The highest BCUT2D eigenvalue weighted by molar-refractivity contribution is 7.89. The van der Waals surface area contributed by atoms with Crippen LogP contribution in [0.4, 0.5) is 4.39 Å². The molecule has 0 heterocycles. The van der Waals surface area contributed by atoms with Crippen LogP contribution in [-0.2, 0) is 10.0 Å². The molecule has 19 heavy (non-hydrogen) atoms. The number of rotatable bonds is 5.